The summed E-state index contributed by atoms with van der Waals surface area (Å²) in [5.41, 5.74) is 3.29. The number of benzene rings is 1. The highest BCUT2D eigenvalue weighted by molar-refractivity contribution is 5.22. The Kier molecular flexibility index (Phi) is 7.29. The summed E-state index contributed by atoms with van der Waals surface area (Å²) in [6.07, 6.45) is 6.24. The lowest BCUT2D eigenvalue weighted by atomic mass is 9.87. The van der Waals surface area contributed by atoms with E-state index in [0.29, 0.717) is 11.5 Å². The highest BCUT2D eigenvalue weighted by Crippen LogP contribution is 2.23. The molecule has 1 nitrogen and oxygen atoms in total. The minimum absolute atomic E-state index is 0.440. The van der Waals surface area contributed by atoms with E-state index in [4.69, 9.17) is 0 Å². The molecule has 0 aliphatic rings. The molecule has 0 radical (unpaired) electrons. The molecule has 0 fully saturated rings. The first-order chi connectivity index (χ1) is 9.40. The van der Waals surface area contributed by atoms with E-state index in [2.05, 4.69) is 64.2 Å². The molecule has 0 bridgehead atoms. The number of aryl methyl sites for hydroxylation is 2. The van der Waals surface area contributed by atoms with Crippen LogP contribution in [0.5, 0.6) is 0 Å². The second-order valence-corrected chi connectivity index (χ2v) is 7.28. The van der Waals surface area contributed by atoms with Gasteiger partial charge < -0.3 is 5.32 Å². The molecule has 1 aromatic carbocycles. The lowest BCUT2D eigenvalue weighted by molar-refractivity contribution is 0.323. The topological polar surface area (TPSA) is 12.0 Å². The largest absolute Gasteiger partial charge is 0.314 e. The summed E-state index contributed by atoms with van der Waals surface area (Å²) in [7, 11) is 0. The van der Waals surface area contributed by atoms with Crippen LogP contribution in [0, 0.1) is 12.3 Å². The average Bonchev–Trinajstić information content (AvgIpc) is 2.37. The summed E-state index contributed by atoms with van der Waals surface area (Å²) in [4.78, 5) is 0. The standard InChI is InChI=1S/C19H33N/c1-6-14-20-18(12-13-19(3,4)5)11-10-17-9-7-8-16(2)15-17/h7-9,15,18,20H,6,10-14H2,1-5H3. The molecule has 1 unspecified atom stereocenters. The van der Waals surface area contributed by atoms with E-state index in [0.717, 1.165) is 6.54 Å². The van der Waals surface area contributed by atoms with Crippen LogP contribution in [0.3, 0.4) is 0 Å². The number of rotatable bonds is 8. The van der Waals surface area contributed by atoms with Crippen molar-refractivity contribution in [2.24, 2.45) is 5.41 Å². The second kappa shape index (κ2) is 8.46. The van der Waals surface area contributed by atoms with E-state index >= 15 is 0 Å². The first kappa shape index (κ1) is 17.2. The van der Waals surface area contributed by atoms with Gasteiger partial charge in [-0.05, 0) is 56.6 Å². The number of nitrogens with one attached hydrogen (secondary N) is 1. The molecule has 1 heteroatoms. The summed E-state index contributed by atoms with van der Waals surface area (Å²) in [5, 5.41) is 3.73. The van der Waals surface area contributed by atoms with Crippen molar-refractivity contribution in [3.63, 3.8) is 0 Å². The molecule has 0 heterocycles. The van der Waals surface area contributed by atoms with E-state index in [1.54, 1.807) is 0 Å². The molecule has 1 aromatic rings. The quantitative estimate of drug-likeness (QED) is 0.694. The molecular weight excluding hydrogens is 242 g/mol. The normalized spacial score (nSPS) is 13.4. The van der Waals surface area contributed by atoms with Crippen molar-refractivity contribution in [3.8, 4) is 0 Å². The minimum Gasteiger partial charge on any atom is -0.314 e. The second-order valence-electron chi connectivity index (χ2n) is 7.28. The fraction of sp³-hybridized carbons (Fsp3) is 0.684. The van der Waals surface area contributed by atoms with Crippen LogP contribution < -0.4 is 5.32 Å². The molecule has 114 valence electrons. The predicted molar refractivity (Wildman–Crippen MR) is 90.3 cm³/mol. The SMILES string of the molecule is CCCNC(CCc1cccc(C)c1)CCC(C)(C)C. The van der Waals surface area contributed by atoms with Crippen LogP contribution in [0.15, 0.2) is 24.3 Å². The van der Waals surface area contributed by atoms with Gasteiger partial charge in [-0.3, -0.25) is 0 Å². The van der Waals surface area contributed by atoms with Gasteiger partial charge in [0, 0.05) is 6.04 Å². The third-order valence-corrected chi connectivity index (χ3v) is 3.79. The Labute approximate surface area is 126 Å². The lowest BCUT2D eigenvalue weighted by Gasteiger charge is -2.24. The zero-order chi connectivity index (χ0) is 15.0. The van der Waals surface area contributed by atoms with Crippen LogP contribution in [0.1, 0.15) is 64.5 Å². The van der Waals surface area contributed by atoms with Crippen LogP contribution in [-0.2, 0) is 6.42 Å². The third-order valence-electron chi connectivity index (χ3n) is 3.79. The van der Waals surface area contributed by atoms with E-state index in [1.807, 2.05) is 0 Å². The Hall–Kier alpha value is -0.820. The van der Waals surface area contributed by atoms with Gasteiger partial charge in [0.1, 0.15) is 0 Å². The van der Waals surface area contributed by atoms with E-state index in [1.165, 1.54) is 43.2 Å². The van der Waals surface area contributed by atoms with Crippen LogP contribution in [-0.4, -0.2) is 12.6 Å². The Balaban J connectivity index is 2.47. The highest BCUT2D eigenvalue weighted by Gasteiger charge is 2.15. The molecule has 1 atom stereocenters. The minimum atomic E-state index is 0.440. The summed E-state index contributed by atoms with van der Waals surface area (Å²) in [6.45, 7) is 12.6. The molecule has 0 saturated heterocycles. The summed E-state index contributed by atoms with van der Waals surface area (Å²) in [6, 6.07) is 9.59. The van der Waals surface area contributed by atoms with Crippen LogP contribution in [0.4, 0.5) is 0 Å². The Morgan fingerprint density at radius 3 is 2.50 bits per heavy atom. The summed E-state index contributed by atoms with van der Waals surface area (Å²) in [5.74, 6) is 0. The monoisotopic (exact) mass is 275 g/mol. The Morgan fingerprint density at radius 1 is 1.15 bits per heavy atom. The van der Waals surface area contributed by atoms with Gasteiger partial charge in [0.15, 0.2) is 0 Å². The van der Waals surface area contributed by atoms with Gasteiger partial charge in [0.2, 0.25) is 0 Å². The molecule has 1 N–H and O–H groups in total. The van der Waals surface area contributed by atoms with Gasteiger partial charge in [-0.1, -0.05) is 57.5 Å². The maximum absolute atomic E-state index is 3.73. The first-order valence-corrected chi connectivity index (χ1v) is 8.19. The zero-order valence-corrected chi connectivity index (χ0v) is 14.1. The van der Waals surface area contributed by atoms with Crippen molar-refractivity contribution in [1.82, 2.24) is 5.32 Å². The van der Waals surface area contributed by atoms with Gasteiger partial charge in [-0.2, -0.15) is 0 Å². The molecule has 0 aliphatic heterocycles. The fourth-order valence-corrected chi connectivity index (χ4v) is 2.51. The zero-order valence-electron chi connectivity index (χ0n) is 14.1. The Morgan fingerprint density at radius 2 is 1.90 bits per heavy atom. The van der Waals surface area contributed by atoms with E-state index < -0.39 is 0 Å². The van der Waals surface area contributed by atoms with Gasteiger partial charge in [0.25, 0.3) is 0 Å². The third kappa shape index (κ3) is 7.69. The molecule has 0 aromatic heterocycles. The molecule has 0 aliphatic carbocycles. The molecule has 20 heavy (non-hydrogen) atoms. The lowest BCUT2D eigenvalue weighted by Crippen LogP contribution is -2.31. The molecule has 1 rings (SSSR count). The van der Waals surface area contributed by atoms with E-state index in [-0.39, 0.29) is 0 Å². The predicted octanol–water partition coefficient (Wildman–Crippen LogP) is 5.12. The van der Waals surface area contributed by atoms with Crippen LogP contribution in [0.2, 0.25) is 0 Å². The van der Waals surface area contributed by atoms with Crippen molar-refractivity contribution in [3.05, 3.63) is 35.4 Å². The van der Waals surface area contributed by atoms with Crippen molar-refractivity contribution >= 4 is 0 Å². The van der Waals surface area contributed by atoms with Crippen molar-refractivity contribution < 1.29 is 0 Å². The summed E-state index contributed by atoms with van der Waals surface area (Å²) < 4.78 is 0. The average molecular weight is 275 g/mol. The van der Waals surface area contributed by atoms with Crippen molar-refractivity contribution in [2.75, 3.05) is 6.54 Å². The highest BCUT2D eigenvalue weighted by atomic mass is 14.9. The first-order valence-electron chi connectivity index (χ1n) is 8.19. The number of hydrogen-bond donors (Lipinski definition) is 1. The summed E-state index contributed by atoms with van der Waals surface area (Å²) >= 11 is 0. The van der Waals surface area contributed by atoms with Crippen LogP contribution in [0.25, 0.3) is 0 Å². The van der Waals surface area contributed by atoms with Crippen LogP contribution >= 0.6 is 0 Å². The van der Waals surface area contributed by atoms with E-state index in [9.17, 15) is 0 Å². The molecule has 0 saturated carbocycles. The maximum atomic E-state index is 3.73. The maximum Gasteiger partial charge on any atom is 0.00704 e. The molecular formula is C19H33N. The Bertz CT molecular complexity index is 376. The van der Waals surface area contributed by atoms with Gasteiger partial charge in [0.05, 0.1) is 0 Å². The molecule has 0 spiro atoms. The van der Waals surface area contributed by atoms with Gasteiger partial charge >= 0.3 is 0 Å². The number of hydrogen-bond acceptors (Lipinski definition) is 1. The van der Waals surface area contributed by atoms with Crippen molar-refractivity contribution in [2.45, 2.75) is 72.8 Å². The van der Waals surface area contributed by atoms with Gasteiger partial charge in [-0.25, -0.2) is 0 Å². The van der Waals surface area contributed by atoms with Gasteiger partial charge in [-0.15, -0.1) is 0 Å². The van der Waals surface area contributed by atoms with Crippen molar-refractivity contribution in [1.29, 1.82) is 0 Å². The fourth-order valence-electron chi connectivity index (χ4n) is 2.51. The smallest absolute Gasteiger partial charge is 0.00704 e. The molecule has 0 amide bonds.